The molecule has 0 fully saturated rings. The normalized spacial score (nSPS) is 10.4. The number of para-hydroxylation sites is 1. The number of rotatable bonds is 3. The van der Waals surface area contributed by atoms with Crippen LogP contribution in [0.5, 0.6) is 0 Å². The van der Waals surface area contributed by atoms with Gasteiger partial charge in [-0.1, -0.05) is 40.2 Å². The molecule has 6 nitrogen and oxygen atoms in total. The SMILES string of the molecule is Cc1ccc(C(=O)NC(=S)NNC(=O)Cn2ccc3ccccc32)cc1Br. The first-order chi connectivity index (χ1) is 12.9. The predicted octanol–water partition coefficient (Wildman–Crippen LogP) is 3.05. The predicted molar refractivity (Wildman–Crippen MR) is 112 cm³/mol. The number of aromatic nitrogens is 1. The molecule has 2 aromatic carbocycles. The maximum absolute atomic E-state index is 12.2. The maximum atomic E-state index is 12.2. The standard InChI is InChI=1S/C19H17BrN4O2S/c1-12-6-7-14(10-15(12)20)18(26)21-19(27)23-22-17(25)11-24-9-8-13-4-2-3-5-16(13)24/h2-10H,11H2,1H3,(H,22,25)(H2,21,23,26,27). The van der Waals surface area contributed by atoms with Crippen molar-refractivity contribution >= 4 is 56.0 Å². The number of aryl methyl sites for hydroxylation is 1. The van der Waals surface area contributed by atoms with Crippen molar-refractivity contribution in [3.63, 3.8) is 0 Å². The third kappa shape index (κ3) is 4.72. The molecule has 138 valence electrons. The van der Waals surface area contributed by atoms with E-state index in [9.17, 15) is 9.59 Å². The van der Waals surface area contributed by atoms with Crippen molar-refractivity contribution < 1.29 is 9.59 Å². The van der Waals surface area contributed by atoms with E-state index in [0.717, 1.165) is 20.9 Å². The van der Waals surface area contributed by atoms with E-state index in [1.54, 1.807) is 12.1 Å². The second kappa shape index (κ2) is 8.32. The Morgan fingerprint density at radius 1 is 1.11 bits per heavy atom. The van der Waals surface area contributed by atoms with Gasteiger partial charge in [-0.05, 0) is 54.4 Å². The molecular weight excluding hydrogens is 428 g/mol. The molecule has 3 N–H and O–H groups in total. The largest absolute Gasteiger partial charge is 0.338 e. The van der Waals surface area contributed by atoms with Gasteiger partial charge in [-0.2, -0.15) is 0 Å². The smallest absolute Gasteiger partial charge is 0.258 e. The van der Waals surface area contributed by atoms with E-state index >= 15 is 0 Å². The summed E-state index contributed by atoms with van der Waals surface area (Å²) in [6, 6.07) is 15.0. The van der Waals surface area contributed by atoms with Crippen molar-refractivity contribution in [3.05, 3.63) is 70.3 Å². The molecule has 0 saturated heterocycles. The third-order valence-electron chi connectivity index (χ3n) is 3.97. The lowest BCUT2D eigenvalue weighted by Crippen LogP contribution is -2.49. The summed E-state index contributed by atoms with van der Waals surface area (Å²) >= 11 is 8.44. The van der Waals surface area contributed by atoms with Crippen LogP contribution in [0.1, 0.15) is 15.9 Å². The lowest BCUT2D eigenvalue weighted by atomic mass is 10.1. The molecule has 0 aliphatic rings. The summed E-state index contributed by atoms with van der Waals surface area (Å²) in [6.07, 6.45) is 1.85. The molecule has 2 amide bonds. The lowest BCUT2D eigenvalue weighted by molar-refractivity contribution is -0.122. The van der Waals surface area contributed by atoms with Gasteiger partial charge in [0.25, 0.3) is 11.8 Å². The Balaban J connectivity index is 1.51. The zero-order valence-corrected chi connectivity index (χ0v) is 16.9. The van der Waals surface area contributed by atoms with Crippen molar-refractivity contribution in [2.24, 2.45) is 0 Å². The summed E-state index contributed by atoms with van der Waals surface area (Å²) in [4.78, 5) is 24.3. The minimum absolute atomic E-state index is 0.0161. The van der Waals surface area contributed by atoms with Gasteiger partial charge in [-0.25, -0.2) is 0 Å². The Morgan fingerprint density at radius 3 is 2.67 bits per heavy atom. The second-order valence-electron chi connectivity index (χ2n) is 5.92. The minimum Gasteiger partial charge on any atom is -0.338 e. The van der Waals surface area contributed by atoms with Crippen LogP contribution in [0.3, 0.4) is 0 Å². The zero-order valence-electron chi connectivity index (χ0n) is 14.5. The van der Waals surface area contributed by atoms with Gasteiger partial charge >= 0.3 is 0 Å². The van der Waals surface area contributed by atoms with Crippen molar-refractivity contribution in [3.8, 4) is 0 Å². The second-order valence-corrected chi connectivity index (χ2v) is 7.19. The van der Waals surface area contributed by atoms with Gasteiger partial charge in [0.2, 0.25) is 0 Å². The van der Waals surface area contributed by atoms with E-state index in [4.69, 9.17) is 12.2 Å². The summed E-state index contributed by atoms with van der Waals surface area (Å²) < 4.78 is 2.67. The van der Waals surface area contributed by atoms with Crippen molar-refractivity contribution in [2.45, 2.75) is 13.5 Å². The average molecular weight is 445 g/mol. The Labute approximate surface area is 170 Å². The van der Waals surface area contributed by atoms with Gasteiger partial charge in [0.1, 0.15) is 6.54 Å². The van der Waals surface area contributed by atoms with Gasteiger partial charge in [0.05, 0.1) is 0 Å². The summed E-state index contributed by atoms with van der Waals surface area (Å²) in [6.45, 7) is 2.06. The molecule has 0 atom stereocenters. The fraction of sp³-hybridized carbons (Fsp3) is 0.105. The molecular formula is C19H17BrN4O2S. The topological polar surface area (TPSA) is 75.2 Å². The number of halogens is 1. The van der Waals surface area contributed by atoms with Crippen LogP contribution in [-0.4, -0.2) is 21.5 Å². The Hall–Kier alpha value is -2.71. The highest BCUT2D eigenvalue weighted by molar-refractivity contribution is 9.10. The van der Waals surface area contributed by atoms with Gasteiger partial charge in [-0.15, -0.1) is 0 Å². The van der Waals surface area contributed by atoms with Gasteiger partial charge in [-0.3, -0.25) is 25.8 Å². The number of amides is 2. The van der Waals surface area contributed by atoms with Gasteiger partial charge in [0.15, 0.2) is 5.11 Å². The molecule has 27 heavy (non-hydrogen) atoms. The Bertz CT molecular complexity index is 1030. The quantitative estimate of drug-likeness (QED) is 0.428. The fourth-order valence-electron chi connectivity index (χ4n) is 2.54. The van der Waals surface area contributed by atoms with Crippen molar-refractivity contribution in [1.82, 2.24) is 20.7 Å². The summed E-state index contributed by atoms with van der Waals surface area (Å²) in [5.41, 5.74) is 7.48. The van der Waals surface area contributed by atoms with E-state index in [2.05, 4.69) is 32.1 Å². The number of thiocarbonyl (C=S) groups is 1. The highest BCUT2D eigenvalue weighted by atomic mass is 79.9. The molecule has 3 rings (SSSR count). The highest BCUT2D eigenvalue weighted by Gasteiger charge is 2.10. The molecule has 3 aromatic rings. The highest BCUT2D eigenvalue weighted by Crippen LogP contribution is 2.17. The van der Waals surface area contributed by atoms with E-state index in [1.807, 2.05) is 54.1 Å². The first-order valence-electron chi connectivity index (χ1n) is 8.14. The molecule has 0 aliphatic carbocycles. The molecule has 0 saturated carbocycles. The molecule has 0 spiro atoms. The van der Waals surface area contributed by atoms with Crippen LogP contribution in [0.15, 0.2) is 59.2 Å². The first kappa shape index (κ1) is 19.1. The van der Waals surface area contributed by atoms with Crippen molar-refractivity contribution in [1.29, 1.82) is 0 Å². The number of hydrazine groups is 1. The van der Waals surface area contributed by atoms with Crippen molar-refractivity contribution in [2.75, 3.05) is 0 Å². The third-order valence-corrected chi connectivity index (χ3v) is 5.03. The number of nitrogens with one attached hydrogen (secondary N) is 3. The molecule has 0 radical (unpaired) electrons. The summed E-state index contributed by atoms with van der Waals surface area (Å²) in [5, 5.41) is 3.60. The van der Waals surface area contributed by atoms with Crippen LogP contribution in [0.25, 0.3) is 10.9 Å². The van der Waals surface area contributed by atoms with Crippen LogP contribution < -0.4 is 16.2 Å². The van der Waals surface area contributed by atoms with Crippen LogP contribution >= 0.6 is 28.1 Å². The van der Waals surface area contributed by atoms with Crippen LogP contribution in [0.4, 0.5) is 0 Å². The average Bonchev–Trinajstić information content (AvgIpc) is 3.05. The maximum Gasteiger partial charge on any atom is 0.258 e. The Kier molecular flexibility index (Phi) is 5.88. The van der Waals surface area contributed by atoms with Crippen LogP contribution in [0.2, 0.25) is 0 Å². The molecule has 1 heterocycles. The monoisotopic (exact) mass is 444 g/mol. The first-order valence-corrected chi connectivity index (χ1v) is 9.34. The number of hydrogen-bond acceptors (Lipinski definition) is 3. The fourth-order valence-corrected chi connectivity index (χ4v) is 3.06. The summed E-state index contributed by atoms with van der Waals surface area (Å²) in [7, 11) is 0. The minimum atomic E-state index is -0.362. The number of nitrogens with zero attached hydrogens (tertiary/aromatic N) is 1. The van der Waals surface area contributed by atoms with Gasteiger partial charge < -0.3 is 4.57 Å². The van der Waals surface area contributed by atoms with Crippen LogP contribution in [-0.2, 0) is 11.3 Å². The van der Waals surface area contributed by atoms with E-state index < -0.39 is 0 Å². The molecule has 0 unspecified atom stereocenters. The molecule has 0 bridgehead atoms. The number of hydrogen-bond donors (Lipinski definition) is 3. The summed E-state index contributed by atoms with van der Waals surface area (Å²) in [5.74, 6) is -0.648. The zero-order chi connectivity index (χ0) is 19.4. The lowest BCUT2D eigenvalue weighted by Gasteiger charge is -2.12. The van der Waals surface area contributed by atoms with E-state index in [1.165, 1.54) is 0 Å². The Morgan fingerprint density at radius 2 is 1.89 bits per heavy atom. The van der Waals surface area contributed by atoms with Crippen LogP contribution in [0, 0.1) is 6.92 Å². The number of carbonyl (C=O) groups excluding carboxylic acids is 2. The van der Waals surface area contributed by atoms with E-state index in [0.29, 0.717) is 5.56 Å². The molecule has 0 aliphatic heterocycles. The number of fused-ring (bicyclic) bond motifs is 1. The molecule has 8 heteroatoms. The van der Waals surface area contributed by atoms with Gasteiger partial charge in [0, 0.05) is 21.7 Å². The number of benzene rings is 2. The molecule has 1 aromatic heterocycles. The van der Waals surface area contributed by atoms with E-state index in [-0.39, 0.29) is 23.5 Å². The number of carbonyl (C=O) groups is 2.